The SMILES string of the molecule is CC12CCC(C(=O)N(Cc3ccccc3)Cc3ccccc3)(C1Br)C2(C)C. The van der Waals surface area contributed by atoms with E-state index in [1.807, 2.05) is 36.4 Å². The van der Waals surface area contributed by atoms with Crippen LogP contribution in [0.1, 0.15) is 44.7 Å². The molecule has 0 radical (unpaired) electrons. The van der Waals surface area contributed by atoms with Crippen molar-refractivity contribution in [2.75, 3.05) is 0 Å². The number of rotatable bonds is 5. The number of carbonyl (C=O) groups is 1. The molecule has 2 aromatic carbocycles. The van der Waals surface area contributed by atoms with Gasteiger partial charge in [0.2, 0.25) is 5.91 Å². The molecule has 142 valence electrons. The van der Waals surface area contributed by atoms with E-state index in [1.165, 1.54) is 11.1 Å². The first-order valence-electron chi connectivity index (χ1n) is 9.84. The van der Waals surface area contributed by atoms with E-state index in [9.17, 15) is 4.79 Å². The third-order valence-corrected chi connectivity index (χ3v) is 9.47. The Hall–Kier alpha value is -1.61. The first kappa shape index (κ1) is 18.7. The van der Waals surface area contributed by atoms with Crippen molar-refractivity contribution in [1.29, 1.82) is 0 Å². The molecule has 2 bridgehead atoms. The number of alkyl halides is 1. The van der Waals surface area contributed by atoms with Crippen molar-refractivity contribution >= 4 is 21.8 Å². The lowest BCUT2D eigenvalue weighted by Crippen LogP contribution is -2.69. The van der Waals surface area contributed by atoms with Crippen molar-refractivity contribution in [3.8, 4) is 0 Å². The molecule has 3 unspecified atom stereocenters. The van der Waals surface area contributed by atoms with Gasteiger partial charge in [-0.05, 0) is 34.8 Å². The fraction of sp³-hybridized carbons (Fsp3) is 0.458. The molecule has 0 aliphatic heterocycles. The third kappa shape index (κ3) is 2.54. The van der Waals surface area contributed by atoms with Gasteiger partial charge in [0.15, 0.2) is 0 Å². The van der Waals surface area contributed by atoms with Crippen LogP contribution in [-0.4, -0.2) is 15.6 Å². The minimum Gasteiger partial charge on any atom is -0.334 e. The second-order valence-corrected chi connectivity index (χ2v) is 9.92. The Kier molecular flexibility index (Phi) is 4.50. The summed E-state index contributed by atoms with van der Waals surface area (Å²) in [5.41, 5.74) is 2.28. The molecule has 3 atom stereocenters. The zero-order valence-electron chi connectivity index (χ0n) is 16.4. The van der Waals surface area contributed by atoms with Crippen LogP contribution < -0.4 is 0 Å². The van der Waals surface area contributed by atoms with E-state index in [-0.39, 0.29) is 21.1 Å². The van der Waals surface area contributed by atoms with Crippen molar-refractivity contribution < 1.29 is 4.79 Å². The summed E-state index contributed by atoms with van der Waals surface area (Å²) < 4.78 is 0. The highest BCUT2D eigenvalue weighted by Gasteiger charge is 2.80. The number of hydrogen-bond donors (Lipinski definition) is 0. The summed E-state index contributed by atoms with van der Waals surface area (Å²) in [7, 11) is 0. The zero-order chi connectivity index (χ0) is 19.3. The van der Waals surface area contributed by atoms with Gasteiger partial charge < -0.3 is 4.90 Å². The highest BCUT2D eigenvalue weighted by Crippen LogP contribution is 2.80. The molecule has 0 aromatic heterocycles. The summed E-state index contributed by atoms with van der Waals surface area (Å²) >= 11 is 3.93. The minimum atomic E-state index is -0.300. The zero-order valence-corrected chi connectivity index (χ0v) is 18.0. The second kappa shape index (κ2) is 6.48. The van der Waals surface area contributed by atoms with Crippen LogP contribution in [0.2, 0.25) is 0 Å². The van der Waals surface area contributed by atoms with E-state index in [2.05, 4.69) is 65.9 Å². The number of fused-ring (bicyclic) bond motifs is 1. The van der Waals surface area contributed by atoms with E-state index < -0.39 is 0 Å². The maximum absolute atomic E-state index is 14.0. The maximum atomic E-state index is 14.0. The number of halogens is 1. The van der Waals surface area contributed by atoms with E-state index in [1.54, 1.807) is 0 Å². The largest absolute Gasteiger partial charge is 0.334 e. The molecule has 2 nitrogen and oxygen atoms in total. The Morgan fingerprint density at radius 1 is 0.926 bits per heavy atom. The molecule has 3 heteroatoms. The smallest absolute Gasteiger partial charge is 0.231 e. The van der Waals surface area contributed by atoms with Gasteiger partial charge >= 0.3 is 0 Å². The van der Waals surface area contributed by atoms with E-state index >= 15 is 0 Å². The molecule has 0 heterocycles. The van der Waals surface area contributed by atoms with Gasteiger partial charge in [0.25, 0.3) is 0 Å². The van der Waals surface area contributed by atoms with Crippen LogP contribution in [0.25, 0.3) is 0 Å². The molecule has 3 aliphatic rings. The average Bonchev–Trinajstić information content (AvgIpc) is 3.09. The van der Waals surface area contributed by atoms with Crippen LogP contribution >= 0.6 is 15.9 Å². The molecule has 27 heavy (non-hydrogen) atoms. The normalized spacial score (nSPS) is 30.6. The van der Waals surface area contributed by atoms with Crippen LogP contribution in [0.3, 0.4) is 0 Å². The monoisotopic (exact) mass is 425 g/mol. The van der Waals surface area contributed by atoms with E-state index in [0.29, 0.717) is 19.0 Å². The van der Waals surface area contributed by atoms with Crippen molar-refractivity contribution in [3.63, 3.8) is 0 Å². The standard InChI is InChI=1S/C24H28BrNO/c1-22(2)23(3)14-15-24(22,20(23)25)21(27)26(16-18-10-6-4-7-11-18)17-19-12-8-5-9-13-19/h4-13,20H,14-17H2,1-3H3. The minimum absolute atomic E-state index is 0.0108. The van der Waals surface area contributed by atoms with Gasteiger partial charge in [0, 0.05) is 17.9 Å². The summed E-state index contributed by atoms with van der Waals surface area (Å²) in [4.78, 5) is 16.3. The summed E-state index contributed by atoms with van der Waals surface area (Å²) in [6.07, 6.45) is 2.09. The summed E-state index contributed by atoms with van der Waals surface area (Å²) in [6, 6.07) is 20.7. The molecule has 0 saturated heterocycles. The third-order valence-electron chi connectivity index (χ3n) is 7.68. The molecule has 0 spiro atoms. The van der Waals surface area contributed by atoms with Gasteiger partial charge in [-0.3, -0.25) is 4.79 Å². The molecule has 3 aliphatic carbocycles. The van der Waals surface area contributed by atoms with Crippen LogP contribution in [0, 0.1) is 16.2 Å². The van der Waals surface area contributed by atoms with Gasteiger partial charge in [-0.15, -0.1) is 0 Å². The Morgan fingerprint density at radius 2 is 1.41 bits per heavy atom. The fourth-order valence-corrected chi connectivity index (χ4v) is 7.31. The molecule has 2 aromatic rings. The molecular weight excluding hydrogens is 398 g/mol. The molecule has 0 N–H and O–H groups in total. The highest BCUT2D eigenvalue weighted by molar-refractivity contribution is 9.09. The van der Waals surface area contributed by atoms with Gasteiger partial charge in [0.05, 0.1) is 5.41 Å². The molecule has 3 fully saturated rings. The van der Waals surface area contributed by atoms with Gasteiger partial charge in [-0.25, -0.2) is 0 Å². The summed E-state index contributed by atoms with van der Waals surface area (Å²) in [5, 5.41) is 0. The maximum Gasteiger partial charge on any atom is 0.231 e. The molecule has 1 amide bonds. The topological polar surface area (TPSA) is 20.3 Å². The van der Waals surface area contributed by atoms with Crippen LogP contribution in [-0.2, 0) is 17.9 Å². The van der Waals surface area contributed by atoms with Gasteiger partial charge in [0.1, 0.15) is 0 Å². The number of benzene rings is 2. The number of hydrogen-bond acceptors (Lipinski definition) is 1. The first-order chi connectivity index (χ1) is 12.8. The fourth-order valence-electron chi connectivity index (χ4n) is 5.52. The lowest BCUT2D eigenvalue weighted by molar-refractivity contribution is -0.174. The number of amides is 1. The number of carbonyl (C=O) groups excluding carboxylic acids is 1. The number of nitrogens with zero attached hydrogens (tertiary/aromatic N) is 1. The molecule has 3 saturated carbocycles. The summed E-state index contributed by atoms with van der Waals surface area (Å²) in [6.45, 7) is 8.23. The highest BCUT2D eigenvalue weighted by atomic mass is 79.9. The lowest BCUT2D eigenvalue weighted by atomic mass is 9.43. The quantitative estimate of drug-likeness (QED) is 0.553. The van der Waals surface area contributed by atoms with Gasteiger partial charge in [-0.1, -0.05) is 97.4 Å². The Bertz CT molecular complexity index is 792. The summed E-state index contributed by atoms with van der Waals surface area (Å²) in [5.74, 6) is 0.303. The van der Waals surface area contributed by atoms with Crippen LogP contribution in [0.5, 0.6) is 0 Å². The average molecular weight is 426 g/mol. The predicted octanol–water partition coefficient (Wildman–Crippen LogP) is 5.81. The first-order valence-corrected chi connectivity index (χ1v) is 10.8. The Morgan fingerprint density at radius 3 is 1.78 bits per heavy atom. The van der Waals surface area contributed by atoms with E-state index in [4.69, 9.17) is 0 Å². The Labute approximate surface area is 171 Å². The second-order valence-electron chi connectivity index (χ2n) is 9.01. The molecular formula is C24H28BrNO. The van der Waals surface area contributed by atoms with Crippen molar-refractivity contribution in [2.24, 2.45) is 16.2 Å². The van der Waals surface area contributed by atoms with Crippen molar-refractivity contribution in [2.45, 2.75) is 51.5 Å². The Balaban J connectivity index is 1.67. The van der Waals surface area contributed by atoms with Crippen LogP contribution in [0.4, 0.5) is 0 Å². The van der Waals surface area contributed by atoms with Crippen molar-refractivity contribution in [1.82, 2.24) is 4.90 Å². The molecule has 5 rings (SSSR count). The lowest BCUT2D eigenvalue weighted by Gasteiger charge is -2.65. The van der Waals surface area contributed by atoms with E-state index in [0.717, 1.165) is 12.8 Å². The van der Waals surface area contributed by atoms with Crippen LogP contribution in [0.15, 0.2) is 60.7 Å². The predicted molar refractivity (Wildman–Crippen MR) is 113 cm³/mol. The van der Waals surface area contributed by atoms with Gasteiger partial charge in [-0.2, -0.15) is 0 Å². The van der Waals surface area contributed by atoms with Crippen molar-refractivity contribution in [3.05, 3.63) is 71.8 Å².